The number of hydroxylamine groups is 4. The molecule has 0 aliphatic carbocycles. The van der Waals surface area contributed by atoms with Crippen LogP contribution in [0.3, 0.4) is 0 Å². The SMILES string of the molecule is O=S1(=O)CCN(ON2CCS(=O)(=O)CC2)CC1. The maximum Gasteiger partial charge on any atom is 0.153 e. The van der Waals surface area contributed by atoms with Gasteiger partial charge in [-0.1, -0.05) is 0 Å². The van der Waals surface area contributed by atoms with Crippen molar-refractivity contribution in [2.75, 3.05) is 49.2 Å². The van der Waals surface area contributed by atoms with Crippen molar-refractivity contribution >= 4 is 19.7 Å². The van der Waals surface area contributed by atoms with E-state index in [0.717, 1.165) is 0 Å². The third kappa shape index (κ3) is 3.88. The van der Waals surface area contributed by atoms with Crippen LogP contribution in [0.4, 0.5) is 0 Å². The van der Waals surface area contributed by atoms with Gasteiger partial charge in [0.25, 0.3) is 0 Å². The summed E-state index contributed by atoms with van der Waals surface area (Å²) in [5.41, 5.74) is 0. The Bertz CT molecular complexity index is 400. The van der Waals surface area contributed by atoms with Gasteiger partial charge in [-0.25, -0.2) is 21.8 Å². The summed E-state index contributed by atoms with van der Waals surface area (Å²) < 4.78 is 44.8. The van der Waals surface area contributed by atoms with Crippen molar-refractivity contribution < 1.29 is 21.8 Å². The first-order valence-electron chi connectivity index (χ1n) is 5.45. The molecule has 0 aromatic heterocycles. The third-order valence-electron chi connectivity index (χ3n) is 2.84. The van der Waals surface area contributed by atoms with E-state index in [1.807, 2.05) is 0 Å². The number of hydrogen-bond acceptors (Lipinski definition) is 7. The molecule has 0 N–H and O–H groups in total. The minimum Gasteiger partial charge on any atom is -0.229 e. The van der Waals surface area contributed by atoms with Gasteiger partial charge in [-0.05, 0) is 0 Å². The van der Waals surface area contributed by atoms with E-state index in [-0.39, 0.29) is 23.0 Å². The predicted molar refractivity (Wildman–Crippen MR) is 61.5 cm³/mol. The van der Waals surface area contributed by atoms with Gasteiger partial charge in [0, 0.05) is 26.2 Å². The van der Waals surface area contributed by atoms with Crippen molar-refractivity contribution in [1.29, 1.82) is 0 Å². The molecule has 2 aliphatic heterocycles. The summed E-state index contributed by atoms with van der Waals surface area (Å²) in [5, 5.41) is 3.16. The predicted octanol–water partition coefficient (Wildman–Crippen LogP) is -1.71. The van der Waals surface area contributed by atoms with Gasteiger partial charge in [0.15, 0.2) is 19.7 Å². The molecule has 17 heavy (non-hydrogen) atoms. The second-order valence-corrected chi connectivity index (χ2v) is 8.85. The molecule has 0 radical (unpaired) electrons. The fraction of sp³-hybridized carbons (Fsp3) is 1.00. The Morgan fingerprint density at radius 3 is 1.24 bits per heavy atom. The van der Waals surface area contributed by atoms with E-state index in [1.54, 1.807) is 10.1 Å². The molecule has 0 aromatic carbocycles. The fourth-order valence-electron chi connectivity index (χ4n) is 1.72. The summed E-state index contributed by atoms with van der Waals surface area (Å²) >= 11 is 0. The minimum absolute atomic E-state index is 0.0964. The highest BCUT2D eigenvalue weighted by Gasteiger charge is 2.27. The van der Waals surface area contributed by atoms with Crippen LogP contribution in [0, 0.1) is 0 Å². The molecule has 2 fully saturated rings. The van der Waals surface area contributed by atoms with Gasteiger partial charge in [0.05, 0.1) is 23.0 Å². The molecule has 7 nitrogen and oxygen atoms in total. The van der Waals surface area contributed by atoms with E-state index >= 15 is 0 Å². The zero-order chi connectivity index (χ0) is 12.5. The lowest BCUT2D eigenvalue weighted by molar-refractivity contribution is -0.320. The molecule has 0 unspecified atom stereocenters. The van der Waals surface area contributed by atoms with Crippen LogP contribution < -0.4 is 0 Å². The van der Waals surface area contributed by atoms with Crippen LogP contribution in [-0.4, -0.2) is 76.2 Å². The summed E-state index contributed by atoms with van der Waals surface area (Å²) in [5.74, 6) is 0.385. The van der Waals surface area contributed by atoms with E-state index in [2.05, 4.69) is 0 Å². The van der Waals surface area contributed by atoms with E-state index in [9.17, 15) is 16.8 Å². The highest BCUT2D eigenvalue weighted by molar-refractivity contribution is 7.91. The quantitative estimate of drug-likeness (QED) is 0.597. The first-order chi connectivity index (χ1) is 7.86. The normalized spacial score (nSPS) is 30.1. The Balaban J connectivity index is 1.80. The highest BCUT2D eigenvalue weighted by Crippen LogP contribution is 2.09. The van der Waals surface area contributed by atoms with Crippen molar-refractivity contribution in [1.82, 2.24) is 10.1 Å². The lowest BCUT2D eigenvalue weighted by Crippen LogP contribution is -2.48. The third-order valence-corrected chi connectivity index (χ3v) is 6.06. The van der Waals surface area contributed by atoms with Crippen molar-refractivity contribution in [2.24, 2.45) is 0 Å². The van der Waals surface area contributed by atoms with Gasteiger partial charge < -0.3 is 0 Å². The van der Waals surface area contributed by atoms with Crippen LogP contribution in [0.25, 0.3) is 0 Å². The molecule has 0 bridgehead atoms. The van der Waals surface area contributed by atoms with Gasteiger partial charge in [0.2, 0.25) is 0 Å². The number of nitrogens with zero attached hydrogens (tertiary/aromatic N) is 2. The number of hydrogen-bond donors (Lipinski definition) is 0. The van der Waals surface area contributed by atoms with Crippen LogP contribution in [0.15, 0.2) is 0 Å². The van der Waals surface area contributed by atoms with Gasteiger partial charge >= 0.3 is 0 Å². The number of rotatable bonds is 2. The monoisotopic (exact) mass is 284 g/mol. The first kappa shape index (κ1) is 13.2. The van der Waals surface area contributed by atoms with Crippen molar-refractivity contribution in [3.8, 4) is 0 Å². The average molecular weight is 284 g/mol. The van der Waals surface area contributed by atoms with E-state index in [4.69, 9.17) is 4.94 Å². The second kappa shape index (κ2) is 4.81. The van der Waals surface area contributed by atoms with Crippen LogP contribution >= 0.6 is 0 Å². The Morgan fingerprint density at radius 1 is 0.647 bits per heavy atom. The minimum atomic E-state index is -2.91. The van der Waals surface area contributed by atoms with Crippen molar-refractivity contribution in [2.45, 2.75) is 0 Å². The Morgan fingerprint density at radius 2 is 0.941 bits per heavy atom. The summed E-state index contributed by atoms with van der Waals surface area (Å²) in [7, 11) is -5.82. The molecule has 0 aromatic rings. The van der Waals surface area contributed by atoms with Crippen LogP contribution in [0.1, 0.15) is 0 Å². The molecule has 2 heterocycles. The molecule has 0 atom stereocenters. The Kier molecular flexibility index (Phi) is 3.74. The van der Waals surface area contributed by atoms with Gasteiger partial charge in [-0.3, -0.25) is 0 Å². The molecule has 0 amide bonds. The van der Waals surface area contributed by atoms with E-state index in [1.165, 1.54) is 0 Å². The molecule has 9 heteroatoms. The topological polar surface area (TPSA) is 84.0 Å². The zero-order valence-electron chi connectivity index (χ0n) is 9.41. The van der Waals surface area contributed by atoms with Gasteiger partial charge in [-0.15, -0.1) is 0 Å². The number of sulfone groups is 2. The lowest BCUT2D eigenvalue weighted by atomic mass is 10.6. The molecule has 2 rings (SSSR count). The summed E-state index contributed by atoms with van der Waals surface area (Å²) in [6.45, 7) is 1.36. The van der Waals surface area contributed by atoms with Gasteiger partial charge in [-0.2, -0.15) is 10.1 Å². The van der Waals surface area contributed by atoms with E-state index < -0.39 is 19.7 Å². The van der Waals surface area contributed by atoms with Crippen molar-refractivity contribution in [3.63, 3.8) is 0 Å². The molecule has 100 valence electrons. The van der Waals surface area contributed by atoms with Crippen molar-refractivity contribution in [3.05, 3.63) is 0 Å². The average Bonchev–Trinajstić information content (AvgIpc) is 2.24. The fourth-order valence-corrected chi connectivity index (χ4v) is 4.05. The van der Waals surface area contributed by atoms with Gasteiger partial charge in [0.1, 0.15) is 0 Å². The van der Waals surface area contributed by atoms with Crippen LogP contribution in [0.2, 0.25) is 0 Å². The molecule has 2 aliphatic rings. The standard InChI is InChI=1S/C8H16N2O5S2/c11-16(12)5-1-9(2-6-16)15-10-3-7-17(13,14)8-4-10/h1-8H2. The molecule has 0 spiro atoms. The molecule has 2 saturated heterocycles. The van der Waals surface area contributed by atoms with Crippen LogP contribution in [-0.2, 0) is 24.6 Å². The second-order valence-electron chi connectivity index (χ2n) is 4.24. The molecular weight excluding hydrogens is 268 g/mol. The first-order valence-corrected chi connectivity index (χ1v) is 9.09. The molecular formula is C8H16N2O5S2. The zero-order valence-corrected chi connectivity index (χ0v) is 11.0. The maximum atomic E-state index is 11.2. The van der Waals surface area contributed by atoms with Crippen LogP contribution in [0.5, 0.6) is 0 Å². The highest BCUT2D eigenvalue weighted by atomic mass is 32.2. The lowest BCUT2D eigenvalue weighted by Gasteiger charge is -2.32. The summed E-state index contributed by atoms with van der Waals surface area (Å²) in [6.07, 6.45) is 0. The summed E-state index contributed by atoms with van der Waals surface area (Å²) in [4.78, 5) is 5.46. The summed E-state index contributed by atoms with van der Waals surface area (Å²) in [6, 6.07) is 0. The molecule has 0 saturated carbocycles. The van der Waals surface area contributed by atoms with E-state index in [0.29, 0.717) is 26.2 Å². The Hall–Kier alpha value is -0.220. The largest absolute Gasteiger partial charge is 0.229 e. The maximum absolute atomic E-state index is 11.2. The smallest absolute Gasteiger partial charge is 0.153 e. The Labute approximate surface area is 101 Å².